The third kappa shape index (κ3) is 1.75. The molecule has 3 rings (SSSR count). The van der Waals surface area contributed by atoms with Crippen LogP contribution in [0.25, 0.3) is 0 Å². The lowest BCUT2D eigenvalue weighted by Gasteiger charge is -2.17. The van der Waals surface area contributed by atoms with Gasteiger partial charge in [0.1, 0.15) is 0 Å². The number of hydrogen-bond acceptors (Lipinski definition) is 2. The van der Waals surface area contributed by atoms with Crippen molar-refractivity contribution in [2.45, 2.75) is 44.2 Å². The molecule has 13 heavy (non-hydrogen) atoms. The highest BCUT2D eigenvalue weighted by atomic mass is 16.5. The molecule has 3 fully saturated rings. The van der Waals surface area contributed by atoms with Gasteiger partial charge in [0.2, 0.25) is 0 Å². The molecule has 3 aliphatic rings. The Hall–Kier alpha value is -0.0800. The minimum atomic E-state index is 0.525. The standard InChI is InChI=1S/C11H19NO/c1-2-11(13-3-1)7-12-10-5-8-4-9(8)6-10/h8-12H,1-7H2. The van der Waals surface area contributed by atoms with E-state index in [0.29, 0.717) is 6.10 Å². The van der Waals surface area contributed by atoms with E-state index in [-0.39, 0.29) is 0 Å². The highest BCUT2D eigenvalue weighted by molar-refractivity contribution is 4.98. The van der Waals surface area contributed by atoms with Crippen LogP contribution in [-0.4, -0.2) is 25.3 Å². The summed E-state index contributed by atoms with van der Waals surface area (Å²) >= 11 is 0. The molecular formula is C11H19NO. The number of hydrogen-bond donors (Lipinski definition) is 1. The van der Waals surface area contributed by atoms with E-state index in [1.54, 1.807) is 0 Å². The first-order valence-corrected chi connectivity index (χ1v) is 5.77. The van der Waals surface area contributed by atoms with Gasteiger partial charge in [-0.05, 0) is 43.9 Å². The average molecular weight is 181 g/mol. The van der Waals surface area contributed by atoms with Crippen molar-refractivity contribution in [2.75, 3.05) is 13.2 Å². The molecule has 0 spiro atoms. The predicted octanol–water partition coefficient (Wildman–Crippen LogP) is 1.55. The molecular weight excluding hydrogens is 162 g/mol. The summed E-state index contributed by atoms with van der Waals surface area (Å²) in [6.07, 6.45) is 7.47. The van der Waals surface area contributed by atoms with E-state index in [0.717, 1.165) is 31.0 Å². The lowest BCUT2D eigenvalue weighted by molar-refractivity contribution is 0.107. The largest absolute Gasteiger partial charge is 0.377 e. The molecule has 3 unspecified atom stereocenters. The molecule has 1 aliphatic heterocycles. The highest BCUT2D eigenvalue weighted by Gasteiger charge is 2.45. The first-order chi connectivity index (χ1) is 6.42. The van der Waals surface area contributed by atoms with Gasteiger partial charge in [0.15, 0.2) is 0 Å². The summed E-state index contributed by atoms with van der Waals surface area (Å²) in [4.78, 5) is 0. The molecule has 1 saturated heterocycles. The van der Waals surface area contributed by atoms with Gasteiger partial charge in [-0.25, -0.2) is 0 Å². The zero-order valence-electron chi connectivity index (χ0n) is 8.17. The van der Waals surface area contributed by atoms with Crippen LogP contribution in [0.4, 0.5) is 0 Å². The van der Waals surface area contributed by atoms with Gasteiger partial charge in [-0.1, -0.05) is 0 Å². The van der Waals surface area contributed by atoms with E-state index in [1.165, 1.54) is 32.1 Å². The van der Waals surface area contributed by atoms with Crippen molar-refractivity contribution in [3.05, 3.63) is 0 Å². The molecule has 2 nitrogen and oxygen atoms in total. The second kappa shape index (κ2) is 3.25. The van der Waals surface area contributed by atoms with Gasteiger partial charge in [-0.15, -0.1) is 0 Å². The van der Waals surface area contributed by atoms with Gasteiger partial charge < -0.3 is 10.1 Å². The molecule has 1 N–H and O–H groups in total. The van der Waals surface area contributed by atoms with Crippen LogP contribution in [0.15, 0.2) is 0 Å². The zero-order chi connectivity index (χ0) is 8.67. The van der Waals surface area contributed by atoms with E-state index < -0.39 is 0 Å². The van der Waals surface area contributed by atoms with E-state index in [9.17, 15) is 0 Å². The van der Waals surface area contributed by atoms with Crippen molar-refractivity contribution in [3.63, 3.8) is 0 Å². The molecule has 2 aliphatic carbocycles. The number of ether oxygens (including phenoxy) is 1. The van der Waals surface area contributed by atoms with Crippen molar-refractivity contribution >= 4 is 0 Å². The van der Waals surface area contributed by atoms with Crippen LogP contribution < -0.4 is 5.32 Å². The van der Waals surface area contributed by atoms with Crippen molar-refractivity contribution in [1.29, 1.82) is 0 Å². The van der Waals surface area contributed by atoms with Crippen molar-refractivity contribution < 1.29 is 4.74 Å². The molecule has 2 heteroatoms. The summed E-state index contributed by atoms with van der Waals surface area (Å²) in [5.74, 6) is 2.20. The predicted molar refractivity (Wildman–Crippen MR) is 51.6 cm³/mol. The molecule has 74 valence electrons. The SMILES string of the molecule is C1COC(CNC2CC3CC3C2)C1. The van der Waals surface area contributed by atoms with Gasteiger partial charge in [0.05, 0.1) is 6.10 Å². The van der Waals surface area contributed by atoms with E-state index >= 15 is 0 Å². The maximum absolute atomic E-state index is 5.59. The molecule has 0 aromatic heterocycles. The van der Waals surface area contributed by atoms with Crippen LogP contribution in [0, 0.1) is 11.8 Å². The van der Waals surface area contributed by atoms with E-state index in [4.69, 9.17) is 4.74 Å². The molecule has 2 saturated carbocycles. The molecule has 0 bridgehead atoms. The monoisotopic (exact) mass is 181 g/mol. The summed E-state index contributed by atoms with van der Waals surface area (Å²) in [5, 5.41) is 3.66. The zero-order valence-corrected chi connectivity index (χ0v) is 8.17. The van der Waals surface area contributed by atoms with Crippen LogP contribution >= 0.6 is 0 Å². The topological polar surface area (TPSA) is 21.3 Å². The maximum atomic E-state index is 5.59. The van der Waals surface area contributed by atoms with Crippen molar-refractivity contribution in [2.24, 2.45) is 11.8 Å². The van der Waals surface area contributed by atoms with Crippen LogP contribution in [0.3, 0.4) is 0 Å². The van der Waals surface area contributed by atoms with Crippen molar-refractivity contribution in [1.82, 2.24) is 5.32 Å². The summed E-state index contributed by atoms with van der Waals surface area (Å²) in [7, 11) is 0. The normalized spacial score (nSPS) is 48.0. The average Bonchev–Trinajstić information content (AvgIpc) is 2.64. The van der Waals surface area contributed by atoms with E-state index in [1.807, 2.05) is 0 Å². The first kappa shape index (κ1) is 8.25. The maximum Gasteiger partial charge on any atom is 0.0700 e. The van der Waals surface area contributed by atoms with Gasteiger partial charge >= 0.3 is 0 Å². The summed E-state index contributed by atoms with van der Waals surface area (Å²) in [6.45, 7) is 2.09. The molecule has 1 heterocycles. The number of rotatable bonds is 3. The van der Waals surface area contributed by atoms with Gasteiger partial charge in [0, 0.05) is 19.2 Å². The van der Waals surface area contributed by atoms with Gasteiger partial charge in [-0.3, -0.25) is 0 Å². The molecule has 0 aromatic rings. The van der Waals surface area contributed by atoms with Crippen LogP contribution in [0.2, 0.25) is 0 Å². The Balaban J connectivity index is 1.38. The fourth-order valence-corrected chi connectivity index (χ4v) is 2.98. The fraction of sp³-hybridized carbons (Fsp3) is 1.00. The smallest absolute Gasteiger partial charge is 0.0700 e. The first-order valence-electron chi connectivity index (χ1n) is 5.77. The minimum absolute atomic E-state index is 0.525. The highest BCUT2D eigenvalue weighted by Crippen LogP contribution is 2.51. The number of fused-ring (bicyclic) bond motifs is 1. The summed E-state index contributed by atoms with van der Waals surface area (Å²) in [5.41, 5.74) is 0. The Morgan fingerprint density at radius 1 is 1.15 bits per heavy atom. The van der Waals surface area contributed by atoms with Crippen LogP contribution in [0.1, 0.15) is 32.1 Å². The lowest BCUT2D eigenvalue weighted by Crippen LogP contribution is -2.34. The Bertz CT molecular complexity index is 179. The quantitative estimate of drug-likeness (QED) is 0.713. The molecule has 0 aromatic carbocycles. The van der Waals surface area contributed by atoms with Gasteiger partial charge in [-0.2, -0.15) is 0 Å². The molecule has 0 amide bonds. The Labute approximate surface area is 80.0 Å². The minimum Gasteiger partial charge on any atom is -0.377 e. The fourth-order valence-electron chi connectivity index (χ4n) is 2.98. The second-order valence-electron chi connectivity index (χ2n) is 4.97. The van der Waals surface area contributed by atoms with Gasteiger partial charge in [0.25, 0.3) is 0 Å². The number of nitrogens with one attached hydrogen (secondary N) is 1. The third-order valence-electron chi connectivity index (χ3n) is 3.90. The van der Waals surface area contributed by atoms with Crippen molar-refractivity contribution in [3.8, 4) is 0 Å². The van der Waals surface area contributed by atoms with E-state index in [2.05, 4.69) is 5.32 Å². The third-order valence-corrected chi connectivity index (χ3v) is 3.90. The Morgan fingerprint density at radius 3 is 2.69 bits per heavy atom. The second-order valence-corrected chi connectivity index (χ2v) is 4.97. The van der Waals surface area contributed by atoms with Crippen LogP contribution in [-0.2, 0) is 4.74 Å². The molecule has 3 atom stereocenters. The lowest BCUT2D eigenvalue weighted by atomic mass is 10.1. The summed E-state index contributed by atoms with van der Waals surface area (Å²) in [6, 6.07) is 0.827. The Morgan fingerprint density at radius 2 is 2.00 bits per heavy atom. The molecule has 0 radical (unpaired) electrons. The summed E-state index contributed by atoms with van der Waals surface area (Å²) < 4.78 is 5.59. The van der Waals surface area contributed by atoms with Crippen LogP contribution in [0.5, 0.6) is 0 Å². The Kier molecular flexibility index (Phi) is 2.06.